The highest BCUT2D eigenvalue weighted by molar-refractivity contribution is 6.30. The smallest absolute Gasteiger partial charge is 0.408 e. The summed E-state index contributed by atoms with van der Waals surface area (Å²) >= 11 is 6.04. The molecule has 1 aliphatic rings. The standard InChI is InChI=1S/C33H35ClN4O5/c34-26-13-11-25(12-14-26)33(17-18-33)22-42-27-15-9-23(10-16-27)20-29-37-31(38-43-29)30(39)28(8-4-5-19-35)36-32(40)41-21-24-6-2-1-3-7-24/h1-3,6-7,9-16,28H,4-5,8,17-22,35H2,(H,36,40). The van der Waals surface area contributed by atoms with Crippen molar-refractivity contribution in [2.45, 2.75) is 56.6 Å². The van der Waals surface area contributed by atoms with Crippen LogP contribution in [0.25, 0.3) is 0 Å². The van der Waals surface area contributed by atoms with E-state index in [0.29, 0.717) is 44.7 Å². The third-order valence-corrected chi connectivity index (χ3v) is 7.81. The van der Waals surface area contributed by atoms with Gasteiger partial charge in [0.25, 0.3) is 0 Å². The monoisotopic (exact) mass is 602 g/mol. The van der Waals surface area contributed by atoms with Crippen LogP contribution in [0.3, 0.4) is 0 Å². The van der Waals surface area contributed by atoms with Gasteiger partial charge in [-0.05, 0) is 79.6 Å². The highest BCUT2D eigenvalue weighted by Gasteiger charge is 2.45. The second-order valence-corrected chi connectivity index (χ2v) is 11.3. The van der Waals surface area contributed by atoms with E-state index in [1.807, 2.05) is 66.7 Å². The molecule has 1 saturated carbocycles. The molecule has 1 fully saturated rings. The van der Waals surface area contributed by atoms with Crippen molar-refractivity contribution in [3.63, 3.8) is 0 Å². The third-order valence-electron chi connectivity index (χ3n) is 7.56. The Kier molecular flexibility index (Phi) is 10.1. The predicted molar refractivity (Wildman–Crippen MR) is 162 cm³/mol. The number of hydrogen-bond donors (Lipinski definition) is 2. The summed E-state index contributed by atoms with van der Waals surface area (Å²) in [6.07, 6.45) is 3.56. The fourth-order valence-corrected chi connectivity index (χ4v) is 4.95. The largest absolute Gasteiger partial charge is 0.493 e. The number of halogens is 1. The Morgan fingerprint density at radius 3 is 2.42 bits per heavy atom. The van der Waals surface area contributed by atoms with E-state index in [9.17, 15) is 9.59 Å². The van der Waals surface area contributed by atoms with Gasteiger partial charge in [0.1, 0.15) is 12.4 Å². The molecule has 3 N–H and O–H groups in total. The molecule has 4 aromatic rings. The number of nitrogens with one attached hydrogen (secondary N) is 1. The molecular weight excluding hydrogens is 568 g/mol. The first-order valence-corrected chi connectivity index (χ1v) is 14.8. The summed E-state index contributed by atoms with van der Waals surface area (Å²) < 4.78 is 16.8. The number of nitrogens with two attached hydrogens (primary N) is 1. The lowest BCUT2D eigenvalue weighted by atomic mass is 9.97. The average molecular weight is 603 g/mol. The van der Waals surface area contributed by atoms with Crippen LogP contribution in [0.15, 0.2) is 83.4 Å². The number of rotatable bonds is 15. The topological polar surface area (TPSA) is 130 Å². The Morgan fingerprint density at radius 2 is 1.72 bits per heavy atom. The number of hydrogen-bond acceptors (Lipinski definition) is 8. The van der Waals surface area contributed by atoms with Gasteiger partial charge in [0, 0.05) is 10.4 Å². The van der Waals surface area contributed by atoms with Crippen LogP contribution in [-0.4, -0.2) is 41.2 Å². The molecule has 43 heavy (non-hydrogen) atoms. The lowest BCUT2D eigenvalue weighted by Crippen LogP contribution is -2.41. The molecule has 1 amide bonds. The molecule has 1 aliphatic carbocycles. The number of amides is 1. The molecule has 0 saturated heterocycles. The molecule has 5 rings (SSSR count). The minimum Gasteiger partial charge on any atom is -0.493 e. The van der Waals surface area contributed by atoms with Crippen molar-refractivity contribution in [3.05, 3.63) is 112 Å². The maximum absolute atomic E-state index is 13.2. The molecule has 1 atom stereocenters. The number of unbranched alkanes of at least 4 members (excludes halogenated alkanes) is 1. The fourth-order valence-electron chi connectivity index (χ4n) is 4.82. The highest BCUT2D eigenvalue weighted by Crippen LogP contribution is 2.48. The van der Waals surface area contributed by atoms with Crippen LogP contribution >= 0.6 is 11.6 Å². The zero-order valence-corrected chi connectivity index (χ0v) is 24.6. The second kappa shape index (κ2) is 14.3. The van der Waals surface area contributed by atoms with Gasteiger partial charge in [0.05, 0.1) is 19.1 Å². The van der Waals surface area contributed by atoms with Gasteiger partial charge >= 0.3 is 6.09 Å². The van der Waals surface area contributed by atoms with E-state index in [4.69, 9.17) is 31.3 Å². The number of carbonyl (C=O) groups is 2. The fraction of sp³-hybridized carbons (Fsp3) is 0.333. The van der Waals surface area contributed by atoms with Crippen molar-refractivity contribution in [2.75, 3.05) is 13.2 Å². The molecule has 0 spiro atoms. The van der Waals surface area contributed by atoms with Crippen LogP contribution in [0, 0.1) is 0 Å². The van der Waals surface area contributed by atoms with Gasteiger partial charge in [0.2, 0.25) is 17.5 Å². The lowest BCUT2D eigenvalue weighted by Gasteiger charge is -2.17. The second-order valence-electron chi connectivity index (χ2n) is 10.8. The summed E-state index contributed by atoms with van der Waals surface area (Å²) in [5.41, 5.74) is 8.68. The first-order chi connectivity index (χ1) is 20.9. The summed E-state index contributed by atoms with van der Waals surface area (Å²) in [5.74, 6) is 0.537. The molecule has 0 bridgehead atoms. The zero-order chi connectivity index (χ0) is 30.1. The molecule has 1 unspecified atom stereocenters. The van der Waals surface area contributed by atoms with E-state index in [1.54, 1.807) is 0 Å². The van der Waals surface area contributed by atoms with Crippen LogP contribution in [0.1, 0.15) is 65.3 Å². The lowest BCUT2D eigenvalue weighted by molar-refractivity contribution is 0.0896. The highest BCUT2D eigenvalue weighted by atomic mass is 35.5. The van der Waals surface area contributed by atoms with Gasteiger partial charge in [-0.25, -0.2) is 4.79 Å². The van der Waals surface area contributed by atoms with Gasteiger partial charge in [0.15, 0.2) is 0 Å². The Bertz CT molecular complexity index is 1490. The molecule has 0 aliphatic heterocycles. The Hall–Kier alpha value is -4.21. The van der Waals surface area contributed by atoms with Gasteiger partial charge < -0.3 is 25.0 Å². The summed E-state index contributed by atoms with van der Waals surface area (Å²) in [7, 11) is 0. The van der Waals surface area contributed by atoms with Crippen LogP contribution in [0.4, 0.5) is 4.79 Å². The van der Waals surface area contributed by atoms with Gasteiger partial charge in [-0.2, -0.15) is 4.98 Å². The molecule has 3 aromatic carbocycles. The van der Waals surface area contributed by atoms with E-state index in [-0.39, 0.29) is 17.8 Å². The van der Waals surface area contributed by atoms with Crippen LogP contribution < -0.4 is 15.8 Å². The van der Waals surface area contributed by atoms with Crippen LogP contribution in [-0.2, 0) is 23.2 Å². The summed E-state index contributed by atoms with van der Waals surface area (Å²) in [6, 6.07) is 24.1. The molecule has 9 nitrogen and oxygen atoms in total. The first kappa shape index (κ1) is 30.3. The van der Waals surface area contributed by atoms with E-state index in [0.717, 1.165) is 34.7 Å². The number of nitrogens with zero attached hydrogens (tertiary/aromatic N) is 2. The minimum absolute atomic E-state index is 0.0472. The molecule has 224 valence electrons. The quantitative estimate of drug-likeness (QED) is 0.125. The molecule has 1 aromatic heterocycles. The summed E-state index contributed by atoms with van der Waals surface area (Å²) in [6.45, 7) is 1.18. The van der Waals surface area contributed by atoms with Gasteiger partial charge in [-0.3, -0.25) is 4.79 Å². The van der Waals surface area contributed by atoms with Crippen molar-refractivity contribution in [1.82, 2.24) is 15.5 Å². The van der Waals surface area contributed by atoms with Crippen LogP contribution in [0.5, 0.6) is 5.75 Å². The number of benzene rings is 3. The maximum atomic E-state index is 13.2. The Labute approximate surface area is 255 Å². The van der Waals surface area contributed by atoms with E-state index in [2.05, 4.69) is 27.6 Å². The normalized spacial score (nSPS) is 14.1. The number of alkyl carbamates (subject to hydrolysis) is 1. The number of carbonyl (C=O) groups excluding carboxylic acids is 2. The van der Waals surface area contributed by atoms with Crippen molar-refractivity contribution in [1.29, 1.82) is 0 Å². The maximum Gasteiger partial charge on any atom is 0.408 e. The van der Waals surface area contributed by atoms with Crippen LogP contribution in [0.2, 0.25) is 5.02 Å². The molecule has 10 heteroatoms. The first-order valence-electron chi connectivity index (χ1n) is 14.5. The number of Topliss-reactive ketones (excluding diaryl/α,β-unsaturated/α-hetero) is 1. The minimum atomic E-state index is -0.862. The molecular formula is C33H35ClN4O5. The summed E-state index contributed by atoms with van der Waals surface area (Å²) in [4.78, 5) is 30.0. The van der Waals surface area contributed by atoms with Crippen molar-refractivity contribution >= 4 is 23.5 Å². The van der Waals surface area contributed by atoms with Crippen molar-refractivity contribution < 1.29 is 23.6 Å². The van der Waals surface area contributed by atoms with Gasteiger partial charge in [-0.1, -0.05) is 71.4 Å². The predicted octanol–water partition coefficient (Wildman–Crippen LogP) is 6.03. The average Bonchev–Trinajstić information content (AvgIpc) is 3.68. The van der Waals surface area contributed by atoms with E-state index < -0.39 is 17.9 Å². The van der Waals surface area contributed by atoms with Crippen molar-refractivity contribution in [2.24, 2.45) is 5.73 Å². The molecule has 1 heterocycles. The Morgan fingerprint density at radius 1 is 0.977 bits per heavy atom. The third kappa shape index (κ3) is 8.43. The number of ether oxygens (including phenoxy) is 2. The molecule has 0 radical (unpaired) electrons. The van der Waals surface area contributed by atoms with E-state index in [1.165, 1.54) is 5.56 Å². The zero-order valence-electron chi connectivity index (χ0n) is 23.8. The Balaban J connectivity index is 1.14. The summed E-state index contributed by atoms with van der Waals surface area (Å²) in [5, 5.41) is 7.28. The van der Waals surface area contributed by atoms with Gasteiger partial charge in [-0.15, -0.1) is 0 Å². The SMILES string of the molecule is NCCCCC(NC(=O)OCc1ccccc1)C(=O)c1noc(Cc2ccc(OCC3(c4ccc(Cl)cc4)CC3)cc2)n1. The van der Waals surface area contributed by atoms with E-state index >= 15 is 0 Å². The van der Waals surface area contributed by atoms with Crippen molar-refractivity contribution in [3.8, 4) is 5.75 Å². The number of ketones is 1. The number of aromatic nitrogens is 2.